The van der Waals surface area contributed by atoms with Crippen molar-refractivity contribution in [2.75, 3.05) is 18.5 Å². The number of nitrogens with one attached hydrogen (secondary N) is 1. The maximum atomic E-state index is 14.2. The minimum atomic E-state index is -0.502. The molecule has 172 valence electrons. The molecule has 1 saturated heterocycles. The number of hydrogen-bond donors (Lipinski definition) is 2. The monoisotopic (exact) mass is 449 g/mol. The second kappa shape index (κ2) is 7.99. The first-order chi connectivity index (χ1) is 15.7. The van der Waals surface area contributed by atoms with Crippen LogP contribution in [0.2, 0.25) is 0 Å². The zero-order chi connectivity index (χ0) is 23.3. The van der Waals surface area contributed by atoms with E-state index in [4.69, 9.17) is 10.5 Å². The Balaban J connectivity index is 1.70. The van der Waals surface area contributed by atoms with Crippen molar-refractivity contribution in [2.45, 2.75) is 45.6 Å². The first-order valence-corrected chi connectivity index (χ1v) is 11.4. The number of primary amides is 1. The predicted molar refractivity (Wildman–Crippen MR) is 126 cm³/mol. The molecule has 0 spiro atoms. The Kier molecular flexibility index (Phi) is 5.24. The first-order valence-electron chi connectivity index (χ1n) is 11.4. The van der Waals surface area contributed by atoms with Gasteiger partial charge in [0.25, 0.3) is 5.91 Å². The van der Waals surface area contributed by atoms with Crippen LogP contribution in [-0.2, 0) is 11.2 Å². The van der Waals surface area contributed by atoms with E-state index in [2.05, 4.69) is 19.2 Å². The van der Waals surface area contributed by atoms with Gasteiger partial charge in [-0.05, 0) is 60.6 Å². The van der Waals surface area contributed by atoms with Crippen molar-refractivity contribution in [3.8, 4) is 11.1 Å². The number of fused-ring (bicyclic) bond motifs is 3. The fourth-order valence-corrected chi connectivity index (χ4v) is 5.19. The molecule has 6 nitrogen and oxygen atoms in total. The number of amides is 1. The molecule has 1 aromatic heterocycles. The van der Waals surface area contributed by atoms with Crippen molar-refractivity contribution < 1.29 is 18.7 Å². The molecular formula is C26H28FN3O3. The van der Waals surface area contributed by atoms with E-state index in [1.165, 1.54) is 12.1 Å². The van der Waals surface area contributed by atoms with Crippen LogP contribution in [0.4, 0.5) is 10.1 Å². The lowest BCUT2D eigenvalue weighted by atomic mass is 9.80. The second-order valence-corrected chi connectivity index (χ2v) is 9.89. The zero-order valence-electron chi connectivity index (χ0n) is 18.9. The van der Waals surface area contributed by atoms with Gasteiger partial charge in [-0.25, -0.2) is 4.39 Å². The number of nitrogens with two attached hydrogens (primary N) is 1. The summed E-state index contributed by atoms with van der Waals surface area (Å²) in [7, 11) is 0. The lowest BCUT2D eigenvalue weighted by Crippen LogP contribution is -2.31. The van der Waals surface area contributed by atoms with Crippen LogP contribution in [0, 0.1) is 11.2 Å². The molecule has 0 aliphatic carbocycles. The first kappa shape index (κ1) is 21.6. The summed E-state index contributed by atoms with van der Waals surface area (Å²) in [6.07, 6.45) is 2.77. The highest BCUT2D eigenvalue weighted by atomic mass is 19.1. The van der Waals surface area contributed by atoms with Gasteiger partial charge in [0, 0.05) is 48.0 Å². The highest BCUT2D eigenvalue weighted by Gasteiger charge is 2.35. The largest absolute Gasteiger partial charge is 0.381 e. The Labute approximate surface area is 191 Å². The smallest absolute Gasteiger partial charge is 0.250 e. The summed E-state index contributed by atoms with van der Waals surface area (Å²) in [5.74, 6) is -0.909. The highest BCUT2D eigenvalue weighted by molar-refractivity contribution is 6.06. The summed E-state index contributed by atoms with van der Waals surface area (Å²) >= 11 is 0. The van der Waals surface area contributed by atoms with Gasteiger partial charge in [0.1, 0.15) is 5.82 Å². The number of anilines is 1. The summed E-state index contributed by atoms with van der Waals surface area (Å²) in [5, 5.41) is 4.30. The van der Waals surface area contributed by atoms with Gasteiger partial charge in [-0.2, -0.15) is 0 Å². The van der Waals surface area contributed by atoms with Gasteiger partial charge in [0.2, 0.25) is 5.91 Å². The van der Waals surface area contributed by atoms with E-state index in [0.29, 0.717) is 42.8 Å². The van der Waals surface area contributed by atoms with Crippen LogP contribution in [0.25, 0.3) is 22.0 Å². The third-order valence-corrected chi connectivity index (χ3v) is 6.71. The minimum absolute atomic E-state index is 0.0302. The lowest BCUT2D eigenvalue weighted by molar-refractivity contribution is 0.0816. The molecule has 0 bridgehead atoms. The quantitative estimate of drug-likeness (QED) is 0.602. The standard InChI is InChI=1S/C26H28FN3O3/c1-26(2)13-22-24(19-6-4-16(27)12-21(19)30(22)23(31)14-26)15-3-5-18(25(28)32)20(11-15)29-17-7-9-33-10-8-17/h3-6,11-12,17,29H,7-10,13-14H2,1-2H3,(H2,28,32). The topological polar surface area (TPSA) is 86.4 Å². The Morgan fingerprint density at radius 1 is 1.15 bits per heavy atom. The van der Waals surface area contributed by atoms with E-state index in [1.54, 1.807) is 16.7 Å². The maximum absolute atomic E-state index is 14.2. The summed E-state index contributed by atoms with van der Waals surface area (Å²) in [4.78, 5) is 25.2. The number of carbonyl (C=O) groups excluding carboxylic acids is 2. The third-order valence-electron chi connectivity index (χ3n) is 6.71. The summed E-state index contributed by atoms with van der Waals surface area (Å²) in [5.41, 5.74) is 9.78. The van der Waals surface area contributed by atoms with Crippen molar-refractivity contribution >= 4 is 28.4 Å². The number of rotatable bonds is 4. The van der Waals surface area contributed by atoms with Crippen LogP contribution >= 0.6 is 0 Å². The van der Waals surface area contributed by atoms with Crippen LogP contribution in [0.3, 0.4) is 0 Å². The highest BCUT2D eigenvalue weighted by Crippen LogP contribution is 2.43. The molecule has 3 N–H and O–H groups in total. The van der Waals surface area contributed by atoms with E-state index < -0.39 is 5.91 Å². The zero-order valence-corrected chi connectivity index (χ0v) is 18.9. The van der Waals surface area contributed by atoms with Gasteiger partial charge in [0.15, 0.2) is 0 Å². The van der Waals surface area contributed by atoms with Gasteiger partial charge in [-0.15, -0.1) is 0 Å². The van der Waals surface area contributed by atoms with Crippen LogP contribution in [0.15, 0.2) is 36.4 Å². The molecule has 2 aromatic carbocycles. The lowest BCUT2D eigenvalue weighted by Gasteiger charge is -2.30. The Morgan fingerprint density at radius 2 is 1.91 bits per heavy atom. The SMILES string of the molecule is CC1(C)CC(=O)n2c(c(-c3ccc(C(N)=O)c(NC4CCOCC4)c3)c3ccc(F)cc32)C1. The summed E-state index contributed by atoms with van der Waals surface area (Å²) in [6, 6.07) is 10.3. The molecule has 0 atom stereocenters. The van der Waals surface area contributed by atoms with E-state index >= 15 is 0 Å². The molecule has 5 rings (SSSR count). The van der Waals surface area contributed by atoms with Gasteiger partial charge >= 0.3 is 0 Å². The van der Waals surface area contributed by atoms with E-state index in [1.807, 2.05) is 12.1 Å². The molecule has 7 heteroatoms. The van der Waals surface area contributed by atoms with E-state index in [-0.39, 0.29) is 23.2 Å². The van der Waals surface area contributed by atoms with Crippen molar-refractivity contribution in [3.05, 3.63) is 53.5 Å². The van der Waals surface area contributed by atoms with Crippen LogP contribution in [-0.4, -0.2) is 35.6 Å². The molecule has 3 heterocycles. The predicted octanol–water partition coefficient (Wildman–Crippen LogP) is 4.75. The van der Waals surface area contributed by atoms with E-state index in [9.17, 15) is 14.0 Å². The van der Waals surface area contributed by atoms with Gasteiger partial charge in [0.05, 0.1) is 11.1 Å². The molecule has 1 amide bonds. The number of ether oxygens (including phenoxy) is 1. The fourth-order valence-electron chi connectivity index (χ4n) is 5.19. The normalized spacial score (nSPS) is 18.3. The van der Waals surface area contributed by atoms with Gasteiger partial charge in [-0.3, -0.25) is 14.2 Å². The van der Waals surface area contributed by atoms with Crippen LogP contribution in [0.1, 0.15) is 54.0 Å². The molecule has 2 aliphatic heterocycles. The second-order valence-electron chi connectivity index (χ2n) is 9.89. The molecule has 0 radical (unpaired) electrons. The molecular weight excluding hydrogens is 421 g/mol. The molecule has 0 unspecified atom stereocenters. The number of carbonyl (C=O) groups is 2. The van der Waals surface area contributed by atoms with Crippen molar-refractivity contribution in [1.82, 2.24) is 4.57 Å². The number of hydrogen-bond acceptors (Lipinski definition) is 4. The van der Waals surface area contributed by atoms with Crippen molar-refractivity contribution in [3.63, 3.8) is 0 Å². The molecule has 2 aliphatic rings. The number of halogens is 1. The minimum Gasteiger partial charge on any atom is -0.381 e. The van der Waals surface area contributed by atoms with Gasteiger partial charge < -0.3 is 15.8 Å². The molecule has 33 heavy (non-hydrogen) atoms. The fraction of sp³-hybridized carbons (Fsp3) is 0.385. The van der Waals surface area contributed by atoms with Crippen molar-refractivity contribution in [2.24, 2.45) is 11.1 Å². The molecule has 1 fully saturated rings. The van der Waals surface area contributed by atoms with E-state index in [0.717, 1.165) is 35.0 Å². The molecule has 0 saturated carbocycles. The Morgan fingerprint density at radius 3 is 2.64 bits per heavy atom. The number of nitrogens with zero attached hydrogens (tertiary/aromatic N) is 1. The Bertz CT molecular complexity index is 1270. The maximum Gasteiger partial charge on any atom is 0.250 e. The molecule has 3 aromatic rings. The van der Waals surface area contributed by atoms with Gasteiger partial charge in [-0.1, -0.05) is 19.9 Å². The summed E-state index contributed by atoms with van der Waals surface area (Å²) < 4.78 is 21.3. The number of aromatic nitrogens is 1. The Hall–Kier alpha value is -3.19. The van der Waals surface area contributed by atoms with Crippen LogP contribution in [0.5, 0.6) is 0 Å². The average molecular weight is 450 g/mol. The average Bonchev–Trinajstić information content (AvgIpc) is 3.06. The number of benzene rings is 2. The van der Waals surface area contributed by atoms with Crippen molar-refractivity contribution in [1.29, 1.82) is 0 Å². The third kappa shape index (κ3) is 3.91. The summed E-state index contributed by atoms with van der Waals surface area (Å²) in [6.45, 7) is 5.49. The van der Waals surface area contributed by atoms with Crippen LogP contribution < -0.4 is 11.1 Å².